The Morgan fingerprint density at radius 3 is 2.42 bits per heavy atom. The molecule has 0 spiro atoms. The summed E-state index contributed by atoms with van der Waals surface area (Å²) in [7, 11) is 0. The zero-order valence-electron chi connectivity index (χ0n) is 13.2. The van der Waals surface area contributed by atoms with Crippen molar-refractivity contribution in [1.82, 2.24) is 15.1 Å². The third-order valence-corrected chi connectivity index (χ3v) is 5.24. The molecule has 2 fully saturated rings. The lowest BCUT2D eigenvalue weighted by Gasteiger charge is -2.42. The maximum absolute atomic E-state index is 3.60. The quantitative estimate of drug-likeness (QED) is 0.822. The molecule has 2 atom stereocenters. The molecule has 0 aromatic carbocycles. The lowest BCUT2D eigenvalue weighted by molar-refractivity contribution is 0.0804. The summed E-state index contributed by atoms with van der Waals surface area (Å²) in [4.78, 5) is 5.38. The van der Waals surface area contributed by atoms with E-state index in [2.05, 4.69) is 35.9 Å². The maximum atomic E-state index is 3.60. The number of piperidine rings is 2. The van der Waals surface area contributed by atoms with Crippen molar-refractivity contribution in [3.8, 4) is 0 Å². The second-order valence-electron chi connectivity index (χ2n) is 6.52. The zero-order chi connectivity index (χ0) is 13.7. The molecule has 2 heterocycles. The fraction of sp³-hybridized carbons (Fsp3) is 1.00. The molecule has 0 aliphatic carbocycles. The summed E-state index contributed by atoms with van der Waals surface area (Å²) >= 11 is 0. The first-order valence-corrected chi connectivity index (χ1v) is 8.41. The first kappa shape index (κ1) is 15.3. The second-order valence-corrected chi connectivity index (χ2v) is 6.52. The molecule has 3 heteroatoms. The summed E-state index contributed by atoms with van der Waals surface area (Å²) in [6, 6.07) is 0.753. The van der Waals surface area contributed by atoms with Crippen molar-refractivity contribution in [1.29, 1.82) is 0 Å². The number of hydrogen-bond acceptors (Lipinski definition) is 3. The minimum absolute atomic E-state index is 0.753. The van der Waals surface area contributed by atoms with E-state index in [4.69, 9.17) is 0 Å². The van der Waals surface area contributed by atoms with E-state index in [9.17, 15) is 0 Å². The number of rotatable bonds is 5. The van der Waals surface area contributed by atoms with E-state index < -0.39 is 0 Å². The Morgan fingerprint density at radius 2 is 1.79 bits per heavy atom. The Labute approximate surface area is 119 Å². The molecule has 0 bridgehead atoms. The average Bonchev–Trinajstić information content (AvgIpc) is 2.44. The van der Waals surface area contributed by atoms with Crippen LogP contribution in [0.5, 0.6) is 0 Å². The molecule has 112 valence electrons. The lowest BCUT2D eigenvalue weighted by atomic mass is 9.89. The van der Waals surface area contributed by atoms with Crippen LogP contribution in [0.15, 0.2) is 0 Å². The van der Waals surface area contributed by atoms with Crippen LogP contribution in [0.1, 0.15) is 40.0 Å². The standard InChI is InChI=1S/C16H33N3/c1-4-19(5-2)16-12-17-9-6-15(16)13-18-10-7-14(3)8-11-18/h14-17H,4-13H2,1-3H3. The van der Waals surface area contributed by atoms with Crippen LogP contribution in [0.25, 0.3) is 0 Å². The highest BCUT2D eigenvalue weighted by atomic mass is 15.2. The van der Waals surface area contributed by atoms with Gasteiger partial charge in [0.1, 0.15) is 0 Å². The fourth-order valence-electron chi connectivity index (χ4n) is 3.81. The molecule has 0 aromatic rings. The molecule has 0 saturated carbocycles. The molecule has 1 N–H and O–H groups in total. The van der Waals surface area contributed by atoms with E-state index in [0.29, 0.717) is 0 Å². The van der Waals surface area contributed by atoms with Crippen LogP contribution < -0.4 is 5.32 Å². The van der Waals surface area contributed by atoms with Gasteiger partial charge in [-0.2, -0.15) is 0 Å². The molecule has 2 aliphatic rings. The molecule has 2 rings (SSSR count). The van der Waals surface area contributed by atoms with Gasteiger partial charge in [-0.3, -0.25) is 4.90 Å². The molecule has 0 radical (unpaired) electrons. The van der Waals surface area contributed by atoms with Gasteiger partial charge in [0.05, 0.1) is 0 Å². The molecular formula is C16H33N3. The van der Waals surface area contributed by atoms with Crippen molar-refractivity contribution in [3.05, 3.63) is 0 Å². The van der Waals surface area contributed by atoms with E-state index in [0.717, 1.165) is 17.9 Å². The van der Waals surface area contributed by atoms with Gasteiger partial charge >= 0.3 is 0 Å². The molecule has 19 heavy (non-hydrogen) atoms. The number of likely N-dealkylation sites (tertiary alicyclic amines) is 1. The van der Waals surface area contributed by atoms with Gasteiger partial charge in [-0.1, -0.05) is 20.8 Å². The third-order valence-electron chi connectivity index (χ3n) is 5.24. The molecule has 0 amide bonds. The number of likely N-dealkylation sites (N-methyl/N-ethyl adjacent to an activating group) is 1. The van der Waals surface area contributed by atoms with Crippen molar-refractivity contribution < 1.29 is 0 Å². The summed E-state index contributed by atoms with van der Waals surface area (Å²) in [6.07, 6.45) is 4.16. The summed E-state index contributed by atoms with van der Waals surface area (Å²) < 4.78 is 0. The van der Waals surface area contributed by atoms with E-state index >= 15 is 0 Å². The minimum atomic E-state index is 0.753. The molecule has 2 unspecified atom stereocenters. The summed E-state index contributed by atoms with van der Waals surface area (Å²) in [6.45, 7) is 15.8. The van der Waals surface area contributed by atoms with Gasteiger partial charge in [-0.25, -0.2) is 0 Å². The van der Waals surface area contributed by atoms with Crippen LogP contribution in [0.2, 0.25) is 0 Å². The Hall–Kier alpha value is -0.120. The van der Waals surface area contributed by atoms with Gasteiger partial charge in [0.25, 0.3) is 0 Å². The average molecular weight is 267 g/mol. The van der Waals surface area contributed by atoms with Gasteiger partial charge in [0.15, 0.2) is 0 Å². The molecular weight excluding hydrogens is 234 g/mol. The van der Waals surface area contributed by atoms with Gasteiger partial charge in [-0.15, -0.1) is 0 Å². The predicted octanol–water partition coefficient (Wildman–Crippen LogP) is 2.04. The van der Waals surface area contributed by atoms with E-state index in [1.807, 2.05) is 0 Å². The van der Waals surface area contributed by atoms with Crippen molar-refractivity contribution in [3.63, 3.8) is 0 Å². The number of nitrogens with one attached hydrogen (secondary N) is 1. The topological polar surface area (TPSA) is 18.5 Å². The minimum Gasteiger partial charge on any atom is -0.315 e. The van der Waals surface area contributed by atoms with E-state index in [-0.39, 0.29) is 0 Å². The van der Waals surface area contributed by atoms with Crippen molar-refractivity contribution in [2.75, 3.05) is 45.8 Å². The first-order chi connectivity index (χ1) is 9.24. The molecule has 2 saturated heterocycles. The van der Waals surface area contributed by atoms with Gasteiger partial charge in [0.2, 0.25) is 0 Å². The molecule has 3 nitrogen and oxygen atoms in total. The lowest BCUT2D eigenvalue weighted by Crippen LogP contribution is -2.54. The highest BCUT2D eigenvalue weighted by Gasteiger charge is 2.30. The number of hydrogen-bond donors (Lipinski definition) is 1. The van der Waals surface area contributed by atoms with Crippen molar-refractivity contribution >= 4 is 0 Å². The Bertz CT molecular complexity index is 244. The third kappa shape index (κ3) is 4.17. The Kier molecular flexibility index (Phi) is 6.11. The zero-order valence-corrected chi connectivity index (χ0v) is 13.2. The van der Waals surface area contributed by atoms with Crippen LogP contribution in [-0.2, 0) is 0 Å². The van der Waals surface area contributed by atoms with Crippen molar-refractivity contribution in [2.24, 2.45) is 11.8 Å². The number of nitrogens with zero attached hydrogens (tertiary/aromatic N) is 2. The maximum Gasteiger partial charge on any atom is 0.0261 e. The van der Waals surface area contributed by atoms with E-state index in [1.54, 1.807) is 0 Å². The van der Waals surface area contributed by atoms with Crippen LogP contribution in [0.3, 0.4) is 0 Å². The normalized spacial score (nSPS) is 30.9. The highest BCUT2D eigenvalue weighted by molar-refractivity contribution is 4.87. The van der Waals surface area contributed by atoms with Crippen LogP contribution in [0, 0.1) is 11.8 Å². The molecule has 0 aromatic heterocycles. The Balaban J connectivity index is 1.88. The monoisotopic (exact) mass is 267 g/mol. The summed E-state index contributed by atoms with van der Waals surface area (Å²) in [5.41, 5.74) is 0. The molecule has 2 aliphatic heterocycles. The van der Waals surface area contributed by atoms with Crippen LogP contribution in [0.4, 0.5) is 0 Å². The smallest absolute Gasteiger partial charge is 0.0261 e. The van der Waals surface area contributed by atoms with Gasteiger partial charge < -0.3 is 10.2 Å². The first-order valence-electron chi connectivity index (χ1n) is 8.41. The predicted molar refractivity (Wildman–Crippen MR) is 82.5 cm³/mol. The summed E-state index contributed by atoms with van der Waals surface area (Å²) in [5, 5.41) is 3.60. The van der Waals surface area contributed by atoms with Gasteiger partial charge in [-0.05, 0) is 63.8 Å². The summed E-state index contributed by atoms with van der Waals surface area (Å²) in [5.74, 6) is 1.82. The largest absolute Gasteiger partial charge is 0.315 e. The van der Waals surface area contributed by atoms with Gasteiger partial charge in [0, 0.05) is 19.1 Å². The SMILES string of the molecule is CCN(CC)C1CNCCC1CN1CCC(C)CC1. The van der Waals surface area contributed by atoms with Crippen LogP contribution >= 0.6 is 0 Å². The second kappa shape index (κ2) is 7.61. The Morgan fingerprint density at radius 1 is 1.11 bits per heavy atom. The van der Waals surface area contributed by atoms with Crippen molar-refractivity contribution in [2.45, 2.75) is 46.1 Å². The van der Waals surface area contributed by atoms with E-state index in [1.165, 1.54) is 65.1 Å². The highest BCUT2D eigenvalue weighted by Crippen LogP contribution is 2.23. The fourth-order valence-corrected chi connectivity index (χ4v) is 3.81. The van der Waals surface area contributed by atoms with Crippen LogP contribution in [-0.4, -0.2) is 61.7 Å².